The van der Waals surface area contributed by atoms with Crippen molar-refractivity contribution in [3.05, 3.63) is 29.6 Å². The molecule has 2 unspecified atom stereocenters. The van der Waals surface area contributed by atoms with Crippen LogP contribution in [-0.4, -0.2) is 51.1 Å². The molecule has 1 aromatic carbocycles. The molecule has 0 N–H and O–H groups in total. The highest BCUT2D eigenvalue weighted by Crippen LogP contribution is 2.26. The van der Waals surface area contributed by atoms with E-state index >= 15 is 0 Å². The molecule has 1 aliphatic rings. The lowest BCUT2D eigenvalue weighted by molar-refractivity contribution is -0.0170. The van der Waals surface area contributed by atoms with Gasteiger partial charge in [-0.15, -0.1) is 0 Å². The SMILES string of the molecule is COC(=O)c1ccc(F)cc1S(=O)(=O)N1CC(C)OCC1C. The number of rotatable bonds is 3. The van der Waals surface area contributed by atoms with Gasteiger partial charge in [-0.25, -0.2) is 17.6 Å². The average molecular weight is 331 g/mol. The van der Waals surface area contributed by atoms with Crippen LogP contribution < -0.4 is 0 Å². The van der Waals surface area contributed by atoms with Crippen molar-refractivity contribution >= 4 is 16.0 Å². The van der Waals surface area contributed by atoms with Gasteiger partial charge in [0.05, 0.1) is 30.3 Å². The van der Waals surface area contributed by atoms with Crippen molar-refractivity contribution in [1.82, 2.24) is 4.31 Å². The number of hydrogen-bond acceptors (Lipinski definition) is 5. The Morgan fingerprint density at radius 2 is 2.09 bits per heavy atom. The molecule has 1 aliphatic heterocycles. The first kappa shape index (κ1) is 16.9. The van der Waals surface area contributed by atoms with Gasteiger partial charge >= 0.3 is 5.97 Å². The maximum atomic E-state index is 13.5. The first-order chi connectivity index (χ1) is 10.3. The van der Waals surface area contributed by atoms with E-state index in [-0.39, 0.29) is 29.7 Å². The molecule has 6 nitrogen and oxygen atoms in total. The Labute approximate surface area is 128 Å². The van der Waals surface area contributed by atoms with E-state index in [2.05, 4.69) is 4.74 Å². The number of sulfonamides is 1. The number of methoxy groups -OCH3 is 1. The molecule has 0 aromatic heterocycles. The smallest absolute Gasteiger partial charge is 0.339 e. The fraction of sp³-hybridized carbons (Fsp3) is 0.500. The molecule has 22 heavy (non-hydrogen) atoms. The van der Waals surface area contributed by atoms with Crippen molar-refractivity contribution in [2.24, 2.45) is 0 Å². The molecule has 0 aliphatic carbocycles. The molecule has 1 heterocycles. The molecule has 0 spiro atoms. The predicted molar refractivity (Wildman–Crippen MR) is 76.5 cm³/mol. The molecule has 0 saturated carbocycles. The Kier molecular flexibility index (Phi) is 4.84. The third-order valence-corrected chi connectivity index (χ3v) is 5.51. The molecular weight excluding hydrogens is 313 g/mol. The van der Waals surface area contributed by atoms with E-state index in [0.29, 0.717) is 0 Å². The van der Waals surface area contributed by atoms with Crippen LogP contribution in [0, 0.1) is 5.82 Å². The first-order valence-electron chi connectivity index (χ1n) is 6.78. The minimum atomic E-state index is -4.04. The first-order valence-corrected chi connectivity index (χ1v) is 8.22. The highest BCUT2D eigenvalue weighted by molar-refractivity contribution is 7.89. The summed E-state index contributed by atoms with van der Waals surface area (Å²) in [6, 6.07) is 2.57. The summed E-state index contributed by atoms with van der Waals surface area (Å²) in [5.74, 6) is -1.56. The van der Waals surface area contributed by atoms with Crippen LogP contribution in [0.4, 0.5) is 4.39 Å². The van der Waals surface area contributed by atoms with Crippen molar-refractivity contribution in [3.8, 4) is 0 Å². The van der Waals surface area contributed by atoms with Crippen LogP contribution in [-0.2, 0) is 19.5 Å². The van der Waals surface area contributed by atoms with Gasteiger partial charge in [-0.05, 0) is 32.0 Å². The maximum Gasteiger partial charge on any atom is 0.339 e. The van der Waals surface area contributed by atoms with Crippen molar-refractivity contribution in [2.45, 2.75) is 30.9 Å². The summed E-state index contributed by atoms with van der Waals surface area (Å²) in [5.41, 5.74) is -0.185. The number of morpholine rings is 1. The van der Waals surface area contributed by atoms with Crippen LogP contribution in [0.2, 0.25) is 0 Å². The van der Waals surface area contributed by atoms with Gasteiger partial charge in [-0.1, -0.05) is 0 Å². The lowest BCUT2D eigenvalue weighted by Crippen LogP contribution is -2.50. The lowest BCUT2D eigenvalue weighted by Gasteiger charge is -2.35. The number of esters is 1. The minimum Gasteiger partial charge on any atom is -0.465 e. The summed E-state index contributed by atoms with van der Waals surface area (Å²) in [6.07, 6.45) is -0.277. The molecule has 1 aromatic rings. The van der Waals surface area contributed by atoms with Crippen molar-refractivity contribution in [2.75, 3.05) is 20.3 Å². The maximum absolute atomic E-state index is 13.5. The number of halogens is 1. The number of benzene rings is 1. The van der Waals surface area contributed by atoms with E-state index in [1.54, 1.807) is 13.8 Å². The minimum absolute atomic E-state index is 0.140. The van der Waals surface area contributed by atoms with E-state index in [9.17, 15) is 17.6 Å². The molecule has 8 heteroatoms. The molecule has 1 saturated heterocycles. The standard InChI is InChI=1S/C14H18FNO5S/c1-9-8-21-10(2)7-16(9)22(18,19)13-6-11(15)4-5-12(13)14(17)20-3/h4-6,9-10H,7-8H2,1-3H3. The van der Waals surface area contributed by atoms with E-state index in [1.165, 1.54) is 4.31 Å². The fourth-order valence-electron chi connectivity index (χ4n) is 2.32. The average Bonchev–Trinajstić information content (AvgIpc) is 2.48. The Hall–Kier alpha value is -1.51. The fourth-order valence-corrected chi connectivity index (χ4v) is 4.21. The number of carbonyl (C=O) groups excluding carboxylic acids is 1. The van der Waals surface area contributed by atoms with Gasteiger partial charge < -0.3 is 9.47 Å². The molecule has 0 amide bonds. The zero-order valence-corrected chi connectivity index (χ0v) is 13.4. The van der Waals surface area contributed by atoms with Crippen molar-refractivity contribution in [3.63, 3.8) is 0 Å². The van der Waals surface area contributed by atoms with Gasteiger partial charge in [-0.3, -0.25) is 0 Å². The number of hydrogen-bond donors (Lipinski definition) is 0. The molecular formula is C14H18FNO5S. The molecule has 1 fully saturated rings. The zero-order chi connectivity index (χ0) is 16.5. The van der Waals surface area contributed by atoms with Crippen LogP contribution in [0.15, 0.2) is 23.1 Å². The largest absolute Gasteiger partial charge is 0.465 e. The van der Waals surface area contributed by atoms with Crippen LogP contribution >= 0.6 is 0 Å². The van der Waals surface area contributed by atoms with Crippen molar-refractivity contribution in [1.29, 1.82) is 0 Å². The molecule has 2 rings (SSSR count). The Morgan fingerprint density at radius 3 is 2.73 bits per heavy atom. The second-order valence-electron chi connectivity index (χ2n) is 5.20. The van der Waals surface area contributed by atoms with E-state index < -0.39 is 27.9 Å². The van der Waals surface area contributed by atoms with Crippen LogP contribution in [0.5, 0.6) is 0 Å². The highest BCUT2D eigenvalue weighted by atomic mass is 32.2. The molecule has 0 bridgehead atoms. The Balaban J connectivity index is 2.53. The van der Waals surface area contributed by atoms with Gasteiger partial charge in [0.1, 0.15) is 5.82 Å². The highest BCUT2D eigenvalue weighted by Gasteiger charge is 2.36. The number of nitrogens with zero attached hydrogens (tertiary/aromatic N) is 1. The van der Waals surface area contributed by atoms with Gasteiger partial charge in [0, 0.05) is 12.6 Å². The number of ether oxygens (including phenoxy) is 2. The topological polar surface area (TPSA) is 72.9 Å². The van der Waals surface area contributed by atoms with Crippen LogP contribution in [0.3, 0.4) is 0 Å². The quantitative estimate of drug-likeness (QED) is 0.783. The summed E-state index contributed by atoms with van der Waals surface area (Å²) in [5, 5.41) is 0. The van der Waals surface area contributed by atoms with Crippen molar-refractivity contribution < 1.29 is 27.1 Å². The van der Waals surface area contributed by atoms with Gasteiger partial charge in [0.15, 0.2) is 0 Å². The summed E-state index contributed by atoms with van der Waals surface area (Å²) < 4.78 is 50.4. The van der Waals surface area contributed by atoms with Crippen LogP contribution in [0.1, 0.15) is 24.2 Å². The van der Waals surface area contributed by atoms with Gasteiger partial charge in [0.25, 0.3) is 0 Å². The Bertz CT molecular complexity index is 676. The third-order valence-electron chi connectivity index (χ3n) is 3.49. The second kappa shape index (κ2) is 6.31. The van der Waals surface area contributed by atoms with Gasteiger partial charge in [0.2, 0.25) is 10.0 Å². The monoisotopic (exact) mass is 331 g/mol. The molecule has 2 atom stereocenters. The normalized spacial score (nSPS) is 23.3. The summed E-state index contributed by atoms with van der Waals surface area (Å²) in [4.78, 5) is 11.4. The van der Waals surface area contributed by atoms with E-state index in [1.807, 2.05) is 0 Å². The number of carbonyl (C=O) groups is 1. The summed E-state index contributed by atoms with van der Waals surface area (Å²) >= 11 is 0. The van der Waals surface area contributed by atoms with E-state index in [0.717, 1.165) is 25.3 Å². The van der Waals surface area contributed by atoms with Crippen LogP contribution in [0.25, 0.3) is 0 Å². The van der Waals surface area contributed by atoms with Gasteiger partial charge in [-0.2, -0.15) is 4.31 Å². The summed E-state index contributed by atoms with van der Waals surface area (Å²) in [7, 11) is -2.90. The molecule has 122 valence electrons. The molecule has 0 radical (unpaired) electrons. The predicted octanol–water partition coefficient (Wildman–Crippen LogP) is 1.41. The Morgan fingerprint density at radius 1 is 1.41 bits per heavy atom. The third kappa shape index (κ3) is 3.13. The lowest BCUT2D eigenvalue weighted by atomic mass is 10.2. The second-order valence-corrected chi connectivity index (χ2v) is 7.06. The zero-order valence-electron chi connectivity index (χ0n) is 12.6. The van der Waals surface area contributed by atoms with E-state index in [4.69, 9.17) is 4.74 Å². The summed E-state index contributed by atoms with van der Waals surface area (Å²) in [6.45, 7) is 3.83.